The van der Waals surface area contributed by atoms with Crippen molar-refractivity contribution in [3.8, 4) is 17.1 Å². The third-order valence-corrected chi connectivity index (χ3v) is 4.28. The molecule has 1 aromatic carbocycles. The fourth-order valence-electron chi connectivity index (χ4n) is 2.86. The molecule has 1 aromatic heterocycles. The smallest absolute Gasteiger partial charge is 0.199 e. The SMILES string of the molecule is C=C(N=CC)c1nc(-c2ccc(OC)cc2)n([C@@H]2O[C@H](CO)[C@@H](O)[C@H]2O)n1. The van der Waals surface area contributed by atoms with Gasteiger partial charge in [-0.1, -0.05) is 6.58 Å². The first-order valence-electron chi connectivity index (χ1n) is 8.41. The summed E-state index contributed by atoms with van der Waals surface area (Å²) in [6.45, 7) is 5.15. The van der Waals surface area contributed by atoms with Crippen molar-refractivity contribution < 1.29 is 24.8 Å². The standard InChI is InChI=1S/C18H22N4O5/c1-4-19-10(2)16-20-17(11-5-7-12(26-3)8-6-11)22(21-16)18-15(25)14(24)13(9-23)27-18/h4-8,13-15,18,23-25H,2,9H2,1,3H3/t13-,14-,15-,18-/m1/s1. The molecule has 2 heterocycles. The van der Waals surface area contributed by atoms with Crippen LogP contribution in [0.15, 0.2) is 35.8 Å². The van der Waals surface area contributed by atoms with Gasteiger partial charge in [0.15, 0.2) is 17.9 Å². The van der Waals surface area contributed by atoms with E-state index < -0.39 is 31.1 Å². The molecule has 3 N–H and O–H groups in total. The highest BCUT2D eigenvalue weighted by molar-refractivity contribution is 5.69. The van der Waals surface area contributed by atoms with Crippen molar-refractivity contribution in [3.05, 3.63) is 36.7 Å². The van der Waals surface area contributed by atoms with Gasteiger partial charge in [-0.15, -0.1) is 5.10 Å². The molecule has 1 aliphatic heterocycles. The van der Waals surface area contributed by atoms with E-state index in [1.807, 2.05) is 0 Å². The Hall–Kier alpha value is -2.59. The molecule has 3 rings (SSSR count). The lowest BCUT2D eigenvalue weighted by atomic mass is 10.1. The van der Waals surface area contributed by atoms with Crippen LogP contribution in [0, 0.1) is 0 Å². The molecular weight excluding hydrogens is 352 g/mol. The van der Waals surface area contributed by atoms with Gasteiger partial charge in [0, 0.05) is 11.8 Å². The van der Waals surface area contributed by atoms with E-state index in [-0.39, 0.29) is 5.82 Å². The molecule has 1 fully saturated rings. The van der Waals surface area contributed by atoms with Crippen LogP contribution in [0.1, 0.15) is 19.0 Å². The summed E-state index contributed by atoms with van der Waals surface area (Å²) < 4.78 is 12.1. The molecule has 1 aliphatic rings. The number of benzene rings is 1. The number of rotatable bonds is 6. The van der Waals surface area contributed by atoms with Gasteiger partial charge in [0.1, 0.15) is 29.8 Å². The first-order valence-corrected chi connectivity index (χ1v) is 8.41. The summed E-state index contributed by atoms with van der Waals surface area (Å²) in [6, 6.07) is 7.11. The highest BCUT2D eigenvalue weighted by Crippen LogP contribution is 2.33. The van der Waals surface area contributed by atoms with Crippen LogP contribution in [0.5, 0.6) is 5.75 Å². The van der Waals surface area contributed by atoms with E-state index in [4.69, 9.17) is 9.47 Å². The second-order valence-corrected chi connectivity index (χ2v) is 5.99. The molecular formula is C18H22N4O5. The van der Waals surface area contributed by atoms with E-state index in [1.165, 1.54) is 4.68 Å². The molecule has 0 spiro atoms. The third-order valence-electron chi connectivity index (χ3n) is 4.28. The van der Waals surface area contributed by atoms with Crippen LogP contribution < -0.4 is 4.74 Å². The zero-order valence-electron chi connectivity index (χ0n) is 15.1. The molecule has 0 unspecified atom stereocenters. The van der Waals surface area contributed by atoms with Crippen LogP contribution >= 0.6 is 0 Å². The lowest BCUT2D eigenvalue weighted by molar-refractivity contribution is -0.0578. The minimum atomic E-state index is -1.28. The normalized spacial score (nSPS) is 25.2. The molecule has 4 atom stereocenters. The van der Waals surface area contributed by atoms with Crippen LogP contribution in [0.25, 0.3) is 17.1 Å². The molecule has 9 nitrogen and oxygen atoms in total. The number of hydrogen-bond donors (Lipinski definition) is 3. The van der Waals surface area contributed by atoms with Crippen molar-refractivity contribution in [2.75, 3.05) is 13.7 Å². The number of aliphatic hydroxyl groups is 3. The number of methoxy groups -OCH3 is 1. The first-order chi connectivity index (χ1) is 13.0. The van der Waals surface area contributed by atoms with E-state index in [0.717, 1.165) is 0 Å². The van der Waals surface area contributed by atoms with E-state index in [9.17, 15) is 15.3 Å². The lowest BCUT2D eigenvalue weighted by Crippen LogP contribution is -2.33. The van der Waals surface area contributed by atoms with E-state index in [0.29, 0.717) is 22.8 Å². The van der Waals surface area contributed by atoms with Crippen LogP contribution in [0.2, 0.25) is 0 Å². The lowest BCUT2D eigenvalue weighted by Gasteiger charge is -2.17. The monoisotopic (exact) mass is 374 g/mol. The van der Waals surface area contributed by atoms with Gasteiger partial charge in [-0.3, -0.25) is 4.99 Å². The van der Waals surface area contributed by atoms with E-state index in [2.05, 4.69) is 21.7 Å². The molecule has 9 heteroatoms. The van der Waals surface area contributed by atoms with Gasteiger partial charge in [-0.05, 0) is 31.2 Å². The summed E-state index contributed by atoms with van der Waals surface area (Å²) in [5.74, 6) is 1.34. The van der Waals surface area contributed by atoms with E-state index in [1.54, 1.807) is 44.5 Å². The zero-order valence-corrected chi connectivity index (χ0v) is 15.1. The molecule has 1 saturated heterocycles. The predicted octanol–water partition coefficient (Wildman–Crippen LogP) is 0.627. The maximum atomic E-state index is 10.4. The molecule has 0 aliphatic carbocycles. The predicted molar refractivity (Wildman–Crippen MR) is 98.2 cm³/mol. The van der Waals surface area contributed by atoms with Crippen molar-refractivity contribution in [1.29, 1.82) is 0 Å². The Morgan fingerprint density at radius 2 is 2.04 bits per heavy atom. The molecule has 0 amide bonds. The number of aliphatic imine (C=N–C) groups is 1. The minimum absolute atomic E-state index is 0.261. The number of aromatic nitrogens is 3. The number of hydrogen-bond acceptors (Lipinski definition) is 8. The molecule has 0 saturated carbocycles. The fourth-order valence-corrected chi connectivity index (χ4v) is 2.86. The minimum Gasteiger partial charge on any atom is -0.497 e. The Kier molecular flexibility index (Phi) is 5.66. The van der Waals surface area contributed by atoms with Crippen molar-refractivity contribution in [3.63, 3.8) is 0 Å². The first kappa shape index (κ1) is 19.2. The largest absolute Gasteiger partial charge is 0.497 e. The molecule has 0 radical (unpaired) electrons. The van der Waals surface area contributed by atoms with Crippen molar-refractivity contribution >= 4 is 11.9 Å². The second kappa shape index (κ2) is 7.97. The topological polar surface area (TPSA) is 122 Å². The molecule has 27 heavy (non-hydrogen) atoms. The zero-order chi connectivity index (χ0) is 19.6. The number of ether oxygens (including phenoxy) is 2. The molecule has 0 bridgehead atoms. The highest BCUT2D eigenvalue weighted by Gasteiger charge is 2.45. The Morgan fingerprint density at radius 1 is 1.33 bits per heavy atom. The van der Waals surface area contributed by atoms with Crippen LogP contribution in [-0.4, -0.2) is 68.3 Å². The third kappa shape index (κ3) is 3.62. The summed E-state index contributed by atoms with van der Waals surface area (Å²) in [7, 11) is 1.57. The summed E-state index contributed by atoms with van der Waals surface area (Å²) >= 11 is 0. The van der Waals surface area contributed by atoms with Gasteiger partial charge < -0.3 is 24.8 Å². The van der Waals surface area contributed by atoms with Gasteiger partial charge in [0.25, 0.3) is 0 Å². The maximum Gasteiger partial charge on any atom is 0.199 e. The van der Waals surface area contributed by atoms with Crippen molar-refractivity contribution in [2.45, 2.75) is 31.5 Å². The Balaban J connectivity index is 2.06. The van der Waals surface area contributed by atoms with E-state index >= 15 is 0 Å². The summed E-state index contributed by atoms with van der Waals surface area (Å²) in [6.07, 6.45) is -2.89. The van der Waals surface area contributed by atoms with Gasteiger partial charge in [-0.2, -0.15) is 0 Å². The second-order valence-electron chi connectivity index (χ2n) is 5.99. The van der Waals surface area contributed by atoms with Gasteiger partial charge in [0.2, 0.25) is 0 Å². The van der Waals surface area contributed by atoms with Crippen LogP contribution in [-0.2, 0) is 4.74 Å². The highest BCUT2D eigenvalue weighted by atomic mass is 16.6. The Labute approximate surface area is 156 Å². The maximum absolute atomic E-state index is 10.4. The molecule has 144 valence electrons. The summed E-state index contributed by atoms with van der Waals surface area (Å²) in [5.41, 5.74) is 1.04. The average Bonchev–Trinajstić information content (AvgIpc) is 3.24. The van der Waals surface area contributed by atoms with Crippen LogP contribution in [0.4, 0.5) is 0 Å². The van der Waals surface area contributed by atoms with Crippen LogP contribution in [0.3, 0.4) is 0 Å². The van der Waals surface area contributed by atoms with Gasteiger partial charge >= 0.3 is 0 Å². The number of aliphatic hydroxyl groups excluding tert-OH is 3. The van der Waals surface area contributed by atoms with Gasteiger partial charge in [-0.25, -0.2) is 9.67 Å². The quantitative estimate of drug-likeness (QED) is 0.634. The average molecular weight is 374 g/mol. The fraction of sp³-hybridized carbons (Fsp3) is 0.389. The Bertz CT molecular complexity index is 833. The summed E-state index contributed by atoms with van der Waals surface area (Å²) in [4.78, 5) is 8.56. The Morgan fingerprint density at radius 3 is 2.59 bits per heavy atom. The van der Waals surface area contributed by atoms with Crippen molar-refractivity contribution in [1.82, 2.24) is 14.8 Å². The molecule has 2 aromatic rings. The number of nitrogens with zero attached hydrogens (tertiary/aromatic N) is 4. The summed E-state index contributed by atoms with van der Waals surface area (Å²) in [5, 5.41) is 34.1. The van der Waals surface area contributed by atoms with Crippen molar-refractivity contribution in [2.24, 2.45) is 4.99 Å². The van der Waals surface area contributed by atoms with Gasteiger partial charge in [0.05, 0.1) is 13.7 Å².